The Hall–Kier alpha value is -0.800. The van der Waals surface area contributed by atoms with Crippen molar-refractivity contribution in [2.45, 2.75) is 0 Å². The molecular weight excluding hydrogens is 174 g/mol. The smallest absolute Gasteiger partial charge is 0.0510 e. The number of nitrogens with two attached hydrogens (primary N) is 1. The van der Waals surface area contributed by atoms with E-state index in [9.17, 15) is 0 Å². The van der Waals surface area contributed by atoms with Crippen LogP contribution in [0.3, 0.4) is 0 Å². The van der Waals surface area contributed by atoms with Crippen LogP contribution >= 0.6 is 22.7 Å². The molecule has 0 aliphatic carbocycles. The number of hydrogen-bond donors (Lipinski definition) is 1. The molecule has 0 fully saturated rings. The highest BCUT2D eigenvalue weighted by atomic mass is 32.1. The van der Waals surface area contributed by atoms with Crippen LogP contribution in [0.2, 0.25) is 0 Å². The van der Waals surface area contributed by atoms with E-state index in [1.165, 1.54) is 10.4 Å². The lowest BCUT2D eigenvalue weighted by Crippen LogP contribution is -1.81. The van der Waals surface area contributed by atoms with Crippen molar-refractivity contribution in [3.63, 3.8) is 0 Å². The van der Waals surface area contributed by atoms with E-state index in [2.05, 4.69) is 16.8 Å². The maximum Gasteiger partial charge on any atom is 0.0510 e. The molecule has 2 N–H and O–H groups in total. The van der Waals surface area contributed by atoms with Crippen molar-refractivity contribution in [1.29, 1.82) is 0 Å². The molecule has 0 aliphatic heterocycles. The average molecular weight is 181 g/mol. The molecule has 0 bridgehead atoms. The van der Waals surface area contributed by atoms with Crippen molar-refractivity contribution < 1.29 is 0 Å². The second-order valence-electron chi connectivity index (χ2n) is 2.22. The molecule has 0 radical (unpaired) electrons. The normalized spacial score (nSPS) is 10.2. The highest BCUT2D eigenvalue weighted by Crippen LogP contribution is 2.32. The summed E-state index contributed by atoms with van der Waals surface area (Å²) in [5, 5.41) is 6.11. The molecule has 56 valence electrons. The second-order valence-corrected chi connectivity index (χ2v) is 3.91. The molecule has 0 amide bonds. The molecule has 0 spiro atoms. The lowest BCUT2D eigenvalue weighted by atomic mass is 10.2. The van der Waals surface area contributed by atoms with Gasteiger partial charge in [0.05, 0.1) is 5.69 Å². The SMILES string of the molecule is Nc1cscc1-c1cccs1. The van der Waals surface area contributed by atoms with Crippen molar-refractivity contribution in [1.82, 2.24) is 0 Å². The number of anilines is 1. The summed E-state index contributed by atoms with van der Waals surface area (Å²) in [5.74, 6) is 0. The second kappa shape index (κ2) is 2.68. The van der Waals surface area contributed by atoms with Crippen LogP contribution in [0.5, 0.6) is 0 Å². The fourth-order valence-electron chi connectivity index (χ4n) is 0.939. The lowest BCUT2D eigenvalue weighted by molar-refractivity contribution is 1.83. The number of nitrogen functional groups attached to an aromatic ring is 1. The van der Waals surface area contributed by atoms with E-state index in [4.69, 9.17) is 5.73 Å². The predicted molar refractivity (Wildman–Crippen MR) is 52.0 cm³/mol. The van der Waals surface area contributed by atoms with Gasteiger partial charge in [0.25, 0.3) is 0 Å². The average Bonchev–Trinajstić information content (AvgIpc) is 2.55. The van der Waals surface area contributed by atoms with Gasteiger partial charge in [-0.3, -0.25) is 0 Å². The van der Waals surface area contributed by atoms with Gasteiger partial charge in [0, 0.05) is 21.2 Å². The van der Waals surface area contributed by atoms with Crippen LogP contribution in [0.1, 0.15) is 0 Å². The number of hydrogen-bond acceptors (Lipinski definition) is 3. The number of thiophene rings is 2. The third-order valence-electron chi connectivity index (χ3n) is 1.48. The maximum atomic E-state index is 5.75. The minimum absolute atomic E-state index is 0.887. The van der Waals surface area contributed by atoms with Crippen molar-refractivity contribution in [3.8, 4) is 10.4 Å². The molecule has 0 saturated heterocycles. The van der Waals surface area contributed by atoms with E-state index in [1.807, 2.05) is 11.4 Å². The fraction of sp³-hybridized carbons (Fsp3) is 0. The molecule has 2 rings (SSSR count). The Bertz CT molecular complexity index is 335. The van der Waals surface area contributed by atoms with Crippen LogP contribution in [0.25, 0.3) is 10.4 Å². The summed E-state index contributed by atoms with van der Waals surface area (Å²) < 4.78 is 0. The molecule has 3 heteroatoms. The monoisotopic (exact) mass is 181 g/mol. The van der Waals surface area contributed by atoms with Gasteiger partial charge in [0.2, 0.25) is 0 Å². The summed E-state index contributed by atoms with van der Waals surface area (Å²) in [6.07, 6.45) is 0. The molecule has 0 aromatic carbocycles. The number of rotatable bonds is 1. The van der Waals surface area contributed by atoms with E-state index >= 15 is 0 Å². The van der Waals surface area contributed by atoms with E-state index in [0.29, 0.717) is 0 Å². The van der Waals surface area contributed by atoms with E-state index < -0.39 is 0 Å². The van der Waals surface area contributed by atoms with E-state index in [-0.39, 0.29) is 0 Å². The van der Waals surface area contributed by atoms with Gasteiger partial charge in [-0.15, -0.1) is 22.7 Å². The molecule has 0 aliphatic rings. The third-order valence-corrected chi connectivity index (χ3v) is 3.14. The Morgan fingerprint density at radius 2 is 2.18 bits per heavy atom. The zero-order chi connectivity index (χ0) is 7.68. The fourth-order valence-corrected chi connectivity index (χ4v) is 2.52. The van der Waals surface area contributed by atoms with Crippen LogP contribution in [-0.4, -0.2) is 0 Å². The van der Waals surface area contributed by atoms with Crippen LogP contribution < -0.4 is 5.73 Å². The first-order chi connectivity index (χ1) is 5.38. The first kappa shape index (κ1) is 6.88. The summed E-state index contributed by atoms with van der Waals surface area (Å²) in [6.45, 7) is 0. The molecule has 11 heavy (non-hydrogen) atoms. The van der Waals surface area contributed by atoms with E-state index in [0.717, 1.165) is 5.69 Å². The Balaban J connectivity index is 2.53. The van der Waals surface area contributed by atoms with Crippen LogP contribution in [0.4, 0.5) is 5.69 Å². The van der Waals surface area contributed by atoms with Gasteiger partial charge in [0.1, 0.15) is 0 Å². The summed E-state index contributed by atoms with van der Waals surface area (Å²) >= 11 is 3.37. The topological polar surface area (TPSA) is 26.0 Å². The van der Waals surface area contributed by atoms with Gasteiger partial charge in [-0.25, -0.2) is 0 Å². The summed E-state index contributed by atoms with van der Waals surface area (Å²) in [4.78, 5) is 1.25. The van der Waals surface area contributed by atoms with Gasteiger partial charge >= 0.3 is 0 Å². The zero-order valence-corrected chi connectivity index (χ0v) is 7.41. The first-order valence-electron chi connectivity index (χ1n) is 3.23. The summed E-state index contributed by atoms with van der Waals surface area (Å²) in [5.41, 5.74) is 7.81. The highest BCUT2D eigenvalue weighted by molar-refractivity contribution is 7.14. The minimum Gasteiger partial charge on any atom is -0.398 e. The molecule has 2 heterocycles. The van der Waals surface area contributed by atoms with Gasteiger partial charge < -0.3 is 5.73 Å². The molecular formula is C8H7NS2. The zero-order valence-electron chi connectivity index (χ0n) is 5.78. The van der Waals surface area contributed by atoms with Crippen LogP contribution in [-0.2, 0) is 0 Å². The Morgan fingerprint density at radius 1 is 1.27 bits per heavy atom. The molecule has 0 unspecified atom stereocenters. The van der Waals surface area contributed by atoms with Crippen LogP contribution in [0.15, 0.2) is 28.3 Å². The minimum atomic E-state index is 0.887. The van der Waals surface area contributed by atoms with Crippen molar-refractivity contribution in [2.24, 2.45) is 0 Å². The Kier molecular flexibility index (Phi) is 1.68. The lowest BCUT2D eigenvalue weighted by Gasteiger charge is -1.92. The molecule has 2 aromatic heterocycles. The van der Waals surface area contributed by atoms with Gasteiger partial charge in [-0.05, 0) is 11.4 Å². The first-order valence-corrected chi connectivity index (χ1v) is 5.06. The maximum absolute atomic E-state index is 5.75. The largest absolute Gasteiger partial charge is 0.398 e. The van der Waals surface area contributed by atoms with Crippen molar-refractivity contribution >= 4 is 28.4 Å². The summed E-state index contributed by atoms with van der Waals surface area (Å²) in [7, 11) is 0. The quantitative estimate of drug-likeness (QED) is 0.719. The van der Waals surface area contributed by atoms with Crippen molar-refractivity contribution in [2.75, 3.05) is 5.73 Å². The van der Waals surface area contributed by atoms with Gasteiger partial charge in [-0.2, -0.15) is 0 Å². The van der Waals surface area contributed by atoms with Gasteiger partial charge in [-0.1, -0.05) is 6.07 Å². The summed E-state index contributed by atoms with van der Waals surface area (Å²) in [6, 6.07) is 4.13. The van der Waals surface area contributed by atoms with Crippen LogP contribution in [0, 0.1) is 0 Å². The predicted octanol–water partition coefficient (Wildman–Crippen LogP) is 3.06. The Labute approximate surface area is 73.1 Å². The highest BCUT2D eigenvalue weighted by Gasteiger charge is 2.02. The molecule has 0 atom stereocenters. The molecule has 1 nitrogen and oxygen atoms in total. The van der Waals surface area contributed by atoms with Crippen molar-refractivity contribution in [3.05, 3.63) is 28.3 Å². The van der Waals surface area contributed by atoms with E-state index in [1.54, 1.807) is 22.7 Å². The molecule has 2 aromatic rings. The molecule has 0 saturated carbocycles. The van der Waals surface area contributed by atoms with Gasteiger partial charge in [0.15, 0.2) is 0 Å². The third kappa shape index (κ3) is 1.17. The Morgan fingerprint density at radius 3 is 2.73 bits per heavy atom. The standard InChI is InChI=1S/C8H7NS2/c9-7-5-10-4-6(7)8-2-1-3-11-8/h1-5H,9H2.